The maximum Gasteiger partial charge on any atom is 0.238 e. The first-order valence-electron chi connectivity index (χ1n) is 9.36. The van der Waals surface area contributed by atoms with Crippen LogP contribution in [0.5, 0.6) is 0 Å². The van der Waals surface area contributed by atoms with Crippen LogP contribution >= 0.6 is 0 Å². The van der Waals surface area contributed by atoms with E-state index in [9.17, 15) is 18.0 Å². The Balaban J connectivity index is 1.55. The second kappa shape index (κ2) is 8.70. The number of amides is 2. The molecule has 1 heterocycles. The van der Waals surface area contributed by atoms with Crippen LogP contribution in [-0.4, -0.2) is 62.3 Å². The molecular formula is C20H25N3O4S. The summed E-state index contributed by atoms with van der Waals surface area (Å²) in [4.78, 5) is 26.4. The SMILES string of the molecule is CCN(CC(=O)Nc1cccc2ccccc12)CC(=O)NC1CCS(=O)(=O)C1. The number of anilines is 1. The molecule has 1 fully saturated rings. The summed E-state index contributed by atoms with van der Waals surface area (Å²) in [7, 11) is -3.04. The van der Waals surface area contributed by atoms with Crippen molar-refractivity contribution in [3.8, 4) is 0 Å². The van der Waals surface area contributed by atoms with Crippen molar-refractivity contribution in [3.05, 3.63) is 42.5 Å². The lowest BCUT2D eigenvalue weighted by Gasteiger charge is -2.21. The van der Waals surface area contributed by atoms with Crippen LogP contribution < -0.4 is 10.6 Å². The summed E-state index contributed by atoms with van der Waals surface area (Å²) in [5, 5.41) is 7.67. The van der Waals surface area contributed by atoms with Crippen LogP contribution in [0.1, 0.15) is 13.3 Å². The number of carbonyl (C=O) groups excluding carboxylic acids is 2. The highest BCUT2D eigenvalue weighted by molar-refractivity contribution is 7.91. The fourth-order valence-corrected chi connectivity index (χ4v) is 5.07. The maximum absolute atomic E-state index is 12.5. The van der Waals surface area contributed by atoms with Crippen molar-refractivity contribution in [2.24, 2.45) is 0 Å². The second-order valence-electron chi connectivity index (χ2n) is 7.05. The highest BCUT2D eigenvalue weighted by atomic mass is 32.2. The van der Waals surface area contributed by atoms with Gasteiger partial charge in [0, 0.05) is 17.1 Å². The molecule has 2 aromatic rings. The van der Waals surface area contributed by atoms with Gasteiger partial charge in [-0.25, -0.2) is 8.42 Å². The van der Waals surface area contributed by atoms with Crippen LogP contribution in [-0.2, 0) is 19.4 Å². The number of likely N-dealkylation sites (N-methyl/N-ethyl adjacent to an activating group) is 1. The number of nitrogens with one attached hydrogen (secondary N) is 2. The smallest absolute Gasteiger partial charge is 0.238 e. The zero-order valence-electron chi connectivity index (χ0n) is 15.8. The molecule has 0 radical (unpaired) electrons. The summed E-state index contributed by atoms with van der Waals surface area (Å²) >= 11 is 0. The number of fused-ring (bicyclic) bond motifs is 1. The van der Waals surface area contributed by atoms with Crippen molar-refractivity contribution in [2.45, 2.75) is 19.4 Å². The minimum absolute atomic E-state index is 0.00751. The Morgan fingerprint density at radius 2 is 1.79 bits per heavy atom. The van der Waals surface area contributed by atoms with Gasteiger partial charge in [0.05, 0.1) is 24.6 Å². The zero-order chi connectivity index (χ0) is 20.1. The Hall–Kier alpha value is -2.45. The summed E-state index contributed by atoms with van der Waals surface area (Å²) in [6, 6.07) is 13.2. The van der Waals surface area contributed by atoms with E-state index in [0.29, 0.717) is 13.0 Å². The van der Waals surface area contributed by atoms with Crippen molar-refractivity contribution >= 4 is 38.1 Å². The van der Waals surface area contributed by atoms with Crippen molar-refractivity contribution < 1.29 is 18.0 Å². The van der Waals surface area contributed by atoms with Gasteiger partial charge in [-0.1, -0.05) is 43.3 Å². The summed E-state index contributed by atoms with van der Waals surface area (Å²) in [5.74, 6) is -0.355. The molecule has 0 aromatic heterocycles. The van der Waals surface area contributed by atoms with Gasteiger partial charge in [-0.2, -0.15) is 0 Å². The average Bonchev–Trinajstić information content (AvgIpc) is 2.99. The van der Waals surface area contributed by atoms with Crippen LogP contribution in [0.25, 0.3) is 10.8 Å². The van der Waals surface area contributed by atoms with Crippen LogP contribution in [0.4, 0.5) is 5.69 Å². The van der Waals surface area contributed by atoms with E-state index in [1.807, 2.05) is 49.4 Å². The third-order valence-corrected chi connectivity index (χ3v) is 6.61. The van der Waals surface area contributed by atoms with Crippen molar-refractivity contribution in [2.75, 3.05) is 36.5 Å². The molecule has 0 spiro atoms. The van der Waals surface area contributed by atoms with Gasteiger partial charge in [0.25, 0.3) is 0 Å². The predicted octanol–water partition coefficient (Wildman–Crippen LogP) is 1.40. The molecular weight excluding hydrogens is 378 g/mol. The van der Waals surface area contributed by atoms with Gasteiger partial charge in [0.2, 0.25) is 11.8 Å². The van der Waals surface area contributed by atoms with Gasteiger partial charge in [0.1, 0.15) is 0 Å². The van der Waals surface area contributed by atoms with Crippen molar-refractivity contribution in [3.63, 3.8) is 0 Å². The Morgan fingerprint density at radius 1 is 1.07 bits per heavy atom. The lowest BCUT2D eigenvalue weighted by Crippen LogP contribution is -2.44. The molecule has 7 nitrogen and oxygen atoms in total. The van der Waals surface area contributed by atoms with Crippen LogP contribution in [0.2, 0.25) is 0 Å². The summed E-state index contributed by atoms with van der Waals surface area (Å²) in [6.07, 6.45) is 0.446. The zero-order valence-corrected chi connectivity index (χ0v) is 16.7. The molecule has 2 aromatic carbocycles. The first kappa shape index (κ1) is 20.3. The Labute approximate surface area is 165 Å². The molecule has 1 aliphatic rings. The highest BCUT2D eigenvalue weighted by Crippen LogP contribution is 2.22. The van der Waals surface area contributed by atoms with Crippen LogP contribution in [0, 0.1) is 0 Å². The van der Waals surface area contributed by atoms with Gasteiger partial charge in [-0.3, -0.25) is 14.5 Å². The molecule has 1 unspecified atom stereocenters. The van der Waals surface area contributed by atoms with E-state index in [1.165, 1.54) is 0 Å². The minimum atomic E-state index is -3.04. The standard InChI is InChI=1S/C20H25N3O4S/c1-2-23(12-19(24)21-16-10-11-28(26,27)14-16)13-20(25)22-18-9-5-7-15-6-3-4-8-17(15)18/h3-9,16H,2,10-14H2,1H3,(H,21,24)(H,22,25). The first-order valence-corrected chi connectivity index (χ1v) is 11.2. The number of nitrogens with zero attached hydrogens (tertiary/aromatic N) is 1. The molecule has 28 heavy (non-hydrogen) atoms. The van der Waals surface area contributed by atoms with E-state index in [1.54, 1.807) is 4.90 Å². The van der Waals surface area contributed by atoms with E-state index in [0.717, 1.165) is 16.5 Å². The molecule has 1 saturated heterocycles. The summed E-state index contributed by atoms with van der Waals surface area (Å²) in [5.41, 5.74) is 0.736. The monoisotopic (exact) mass is 403 g/mol. The lowest BCUT2D eigenvalue weighted by molar-refractivity contribution is -0.123. The fraction of sp³-hybridized carbons (Fsp3) is 0.400. The topological polar surface area (TPSA) is 95.6 Å². The quantitative estimate of drug-likeness (QED) is 0.729. The number of sulfone groups is 1. The van der Waals surface area contributed by atoms with Crippen LogP contribution in [0.15, 0.2) is 42.5 Å². The fourth-order valence-electron chi connectivity index (χ4n) is 3.39. The molecule has 0 aliphatic carbocycles. The number of rotatable bonds is 7. The molecule has 0 bridgehead atoms. The molecule has 1 aliphatic heterocycles. The number of benzene rings is 2. The van der Waals surface area contributed by atoms with E-state index < -0.39 is 9.84 Å². The molecule has 3 rings (SSSR count). The summed E-state index contributed by atoms with van der Waals surface area (Å²) in [6.45, 7) is 2.53. The second-order valence-corrected chi connectivity index (χ2v) is 9.27. The van der Waals surface area contributed by atoms with Crippen LogP contribution in [0.3, 0.4) is 0 Å². The molecule has 2 N–H and O–H groups in total. The van der Waals surface area contributed by atoms with E-state index in [-0.39, 0.29) is 42.5 Å². The van der Waals surface area contributed by atoms with Gasteiger partial charge in [-0.15, -0.1) is 0 Å². The molecule has 150 valence electrons. The average molecular weight is 404 g/mol. The third kappa shape index (κ3) is 5.30. The largest absolute Gasteiger partial charge is 0.351 e. The molecule has 8 heteroatoms. The van der Waals surface area contributed by atoms with E-state index >= 15 is 0 Å². The minimum Gasteiger partial charge on any atom is -0.351 e. The summed E-state index contributed by atoms with van der Waals surface area (Å²) < 4.78 is 23.0. The van der Waals surface area contributed by atoms with Crippen molar-refractivity contribution in [1.82, 2.24) is 10.2 Å². The molecule has 1 atom stereocenters. The van der Waals surface area contributed by atoms with E-state index in [2.05, 4.69) is 10.6 Å². The highest BCUT2D eigenvalue weighted by Gasteiger charge is 2.29. The predicted molar refractivity (Wildman–Crippen MR) is 110 cm³/mol. The number of hydrogen-bond donors (Lipinski definition) is 2. The molecule has 2 amide bonds. The Kier molecular flexibility index (Phi) is 6.31. The lowest BCUT2D eigenvalue weighted by atomic mass is 10.1. The molecule has 0 saturated carbocycles. The van der Waals surface area contributed by atoms with Crippen molar-refractivity contribution in [1.29, 1.82) is 0 Å². The Morgan fingerprint density at radius 3 is 2.50 bits per heavy atom. The third-order valence-electron chi connectivity index (χ3n) is 4.84. The van der Waals surface area contributed by atoms with Gasteiger partial charge < -0.3 is 10.6 Å². The Bertz CT molecular complexity index is 969. The first-order chi connectivity index (χ1) is 13.4. The number of carbonyl (C=O) groups is 2. The maximum atomic E-state index is 12.5. The van der Waals surface area contributed by atoms with Gasteiger partial charge in [0.15, 0.2) is 9.84 Å². The van der Waals surface area contributed by atoms with Gasteiger partial charge in [-0.05, 0) is 24.4 Å². The number of hydrogen-bond acceptors (Lipinski definition) is 5. The van der Waals surface area contributed by atoms with Gasteiger partial charge >= 0.3 is 0 Å². The van der Waals surface area contributed by atoms with E-state index in [4.69, 9.17) is 0 Å². The normalized spacial score (nSPS) is 18.3.